The van der Waals surface area contributed by atoms with Crippen LogP contribution in [0.4, 0.5) is 5.69 Å². The van der Waals surface area contributed by atoms with Gasteiger partial charge in [0.05, 0.1) is 31.3 Å². The molecule has 1 amide bonds. The van der Waals surface area contributed by atoms with Gasteiger partial charge in [0, 0.05) is 6.04 Å². The zero-order valence-corrected chi connectivity index (χ0v) is 18.3. The summed E-state index contributed by atoms with van der Waals surface area (Å²) < 4.78 is 37.5. The van der Waals surface area contributed by atoms with Crippen molar-refractivity contribution in [2.75, 3.05) is 26.1 Å². The summed E-state index contributed by atoms with van der Waals surface area (Å²) in [6.45, 7) is 1.90. The van der Waals surface area contributed by atoms with Crippen LogP contribution >= 0.6 is 0 Å². The van der Waals surface area contributed by atoms with Crippen molar-refractivity contribution in [2.24, 2.45) is 0 Å². The molecule has 0 aliphatic heterocycles. The molecule has 162 valence electrons. The lowest BCUT2D eigenvalue weighted by Crippen LogP contribution is -2.36. The van der Waals surface area contributed by atoms with Crippen LogP contribution in [0, 0.1) is 6.92 Å². The van der Waals surface area contributed by atoms with Crippen molar-refractivity contribution in [3.8, 4) is 11.5 Å². The van der Waals surface area contributed by atoms with Gasteiger partial charge in [-0.2, -0.15) is 0 Å². The number of carbonyl (C=O) groups excluding carboxylic acids is 1. The zero-order chi connectivity index (χ0) is 21.7. The number of nitrogens with one attached hydrogen (secondary N) is 2. The van der Waals surface area contributed by atoms with Gasteiger partial charge in [-0.1, -0.05) is 30.5 Å². The lowest BCUT2D eigenvalue weighted by molar-refractivity contribution is -0.120. The minimum atomic E-state index is -3.91. The molecule has 1 fully saturated rings. The lowest BCUT2D eigenvalue weighted by atomic mass is 10.2. The Morgan fingerprint density at radius 3 is 2.30 bits per heavy atom. The van der Waals surface area contributed by atoms with E-state index < -0.39 is 9.84 Å². The van der Waals surface area contributed by atoms with E-state index in [1.165, 1.54) is 14.2 Å². The molecule has 0 unspecified atom stereocenters. The van der Waals surface area contributed by atoms with Crippen LogP contribution in [0.25, 0.3) is 0 Å². The highest BCUT2D eigenvalue weighted by molar-refractivity contribution is 7.91. The number of sulfone groups is 1. The van der Waals surface area contributed by atoms with Gasteiger partial charge in [-0.15, -0.1) is 0 Å². The van der Waals surface area contributed by atoms with Gasteiger partial charge in [0.25, 0.3) is 0 Å². The third kappa shape index (κ3) is 4.70. The number of aryl methyl sites for hydroxylation is 1. The standard InChI is InChI=1S/C22H28N2O5S/c1-15-8-10-17(11-9-15)30(26,27)22-19(28-2)13-12-18(21(22)29-3)23-14-20(25)24-16-6-4-5-7-16/h8-13,16,23H,4-7,14H2,1-3H3,(H,24,25). The molecule has 2 N–H and O–H groups in total. The molecule has 2 aromatic rings. The molecule has 3 rings (SSSR count). The fraction of sp³-hybridized carbons (Fsp3) is 0.409. The number of hydrogen-bond donors (Lipinski definition) is 2. The number of rotatable bonds is 8. The summed E-state index contributed by atoms with van der Waals surface area (Å²) in [4.78, 5) is 12.3. The van der Waals surface area contributed by atoms with Crippen LogP contribution in [0.5, 0.6) is 11.5 Å². The van der Waals surface area contributed by atoms with Crippen molar-refractivity contribution in [3.63, 3.8) is 0 Å². The minimum absolute atomic E-state index is 0.0171. The number of carbonyl (C=O) groups is 1. The molecule has 0 saturated heterocycles. The predicted molar refractivity (Wildman–Crippen MR) is 115 cm³/mol. The van der Waals surface area contributed by atoms with E-state index in [9.17, 15) is 13.2 Å². The maximum atomic E-state index is 13.4. The van der Waals surface area contributed by atoms with E-state index in [-0.39, 0.29) is 39.8 Å². The Balaban J connectivity index is 1.90. The summed E-state index contributed by atoms with van der Waals surface area (Å²) in [7, 11) is -1.11. The first kappa shape index (κ1) is 22.0. The largest absolute Gasteiger partial charge is 0.495 e. The van der Waals surface area contributed by atoms with Crippen molar-refractivity contribution in [3.05, 3.63) is 42.0 Å². The number of hydrogen-bond acceptors (Lipinski definition) is 6. The molecule has 8 heteroatoms. The van der Waals surface area contributed by atoms with Crippen molar-refractivity contribution < 1.29 is 22.7 Å². The van der Waals surface area contributed by atoms with Gasteiger partial charge in [-0.3, -0.25) is 4.79 Å². The predicted octanol–water partition coefficient (Wildman–Crippen LogP) is 3.32. The Morgan fingerprint density at radius 1 is 1.03 bits per heavy atom. The first-order valence-corrected chi connectivity index (χ1v) is 11.4. The van der Waals surface area contributed by atoms with Gasteiger partial charge in [-0.25, -0.2) is 8.42 Å². The summed E-state index contributed by atoms with van der Waals surface area (Å²) in [5, 5.41) is 6.01. The van der Waals surface area contributed by atoms with Crippen LogP contribution in [0.3, 0.4) is 0 Å². The second kappa shape index (κ2) is 9.38. The van der Waals surface area contributed by atoms with E-state index >= 15 is 0 Å². The summed E-state index contributed by atoms with van der Waals surface area (Å²) in [5.41, 5.74) is 1.36. The Bertz CT molecular complexity index is 997. The lowest BCUT2D eigenvalue weighted by Gasteiger charge is -2.18. The molecule has 0 atom stereocenters. The average molecular weight is 433 g/mol. The molecule has 0 radical (unpaired) electrons. The third-order valence-corrected chi connectivity index (χ3v) is 7.08. The zero-order valence-electron chi connectivity index (χ0n) is 17.5. The summed E-state index contributed by atoms with van der Waals surface area (Å²) in [6, 6.07) is 10.0. The van der Waals surface area contributed by atoms with Crippen LogP contribution < -0.4 is 20.1 Å². The summed E-state index contributed by atoms with van der Waals surface area (Å²) in [5.74, 6) is 0.152. The molecule has 7 nitrogen and oxygen atoms in total. The smallest absolute Gasteiger partial charge is 0.239 e. The van der Waals surface area contributed by atoms with Crippen molar-refractivity contribution in [2.45, 2.75) is 48.4 Å². The van der Waals surface area contributed by atoms with E-state index in [1.54, 1.807) is 36.4 Å². The van der Waals surface area contributed by atoms with Gasteiger partial charge in [-0.05, 0) is 44.0 Å². The Kier molecular flexibility index (Phi) is 6.87. The monoisotopic (exact) mass is 432 g/mol. The van der Waals surface area contributed by atoms with E-state index in [4.69, 9.17) is 9.47 Å². The molecule has 0 bridgehead atoms. The van der Waals surface area contributed by atoms with Crippen molar-refractivity contribution in [1.82, 2.24) is 5.32 Å². The van der Waals surface area contributed by atoms with E-state index in [1.807, 2.05) is 6.92 Å². The highest BCUT2D eigenvalue weighted by Crippen LogP contribution is 2.42. The molecule has 0 heterocycles. The minimum Gasteiger partial charge on any atom is -0.495 e. The second-order valence-electron chi connectivity index (χ2n) is 7.40. The molecule has 2 aromatic carbocycles. The van der Waals surface area contributed by atoms with Crippen LogP contribution in [-0.2, 0) is 14.6 Å². The number of amides is 1. The molecule has 1 aliphatic carbocycles. The molecular weight excluding hydrogens is 404 g/mol. The Hall–Kier alpha value is -2.74. The average Bonchev–Trinajstić information content (AvgIpc) is 3.24. The number of methoxy groups -OCH3 is 2. The molecule has 1 aliphatic rings. The first-order chi connectivity index (χ1) is 14.4. The van der Waals surface area contributed by atoms with Crippen LogP contribution in [0.2, 0.25) is 0 Å². The highest BCUT2D eigenvalue weighted by atomic mass is 32.2. The van der Waals surface area contributed by atoms with Gasteiger partial charge in [0.2, 0.25) is 15.7 Å². The molecule has 0 spiro atoms. The molecule has 1 saturated carbocycles. The van der Waals surface area contributed by atoms with E-state index in [0.717, 1.165) is 31.2 Å². The Labute approximate surface area is 177 Å². The number of anilines is 1. The van der Waals surface area contributed by atoms with Gasteiger partial charge in [0.1, 0.15) is 5.75 Å². The molecule has 0 aromatic heterocycles. The van der Waals surface area contributed by atoms with Gasteiger partial charge >= 0.3 is 0 Å². The van der Waals surface area contributed by atoms with E-state index in [2.05, 4.69) is 10.6 Å². The topological polar surface area (TPSA) is 93.7 Å². The second-order valence-corrected chi connectivity index (χ2v) is 9.28. The first-order valence-electron chi connectivity index (χ1n) is 9.96. The van der Waals surface area contributed by atoms with Crippen LogP contribution in [-0.4, -0.2) is 41.1 Å². The normalized spacial score (nSPS) is 14.4. The maximum absolute atomic E-state index is 13.4. The molecule has 30 heavy (non-hydrogen) atoms. The summed E-state index contributed by atoms with van der Waals surface area (Å²) in [6.07, 6.45) is 4.25. The van der Waals surface area contributed by atoms with Crippen LogP contribution in [0.15, 0.2) is 46.2 Å². The van der Waals surface area contributed by atoms with Crippen molar-refractivity contribution in [1.29, 1.82) is 0 Å². The molecular formula is C22H28N2O5S. The quantitative estimate of drug-likeness (QED) is 0.665. The SMILES string of the molecule is COc1ccc(NCC(=O)NC2CCCC2)c(OC)c1S(=O)(=O)c1ccc(C)cc1. The Morgan fingerprint density at radius 2 is 1.70 bits per heavy atom. The third-order valence-electron chi connectivity index (χ3n) is 5.26. The fourth-order valence-corrected chi connectivity index (χ4v) is 5.24. The van der Waals surface area contributed by atoms with Crippen LogP contribution in [0.1, 0.15) is 31.2 Å². The number of benzene rings is 2. The fourth-order valence-electron chi connectivity index (χ4n) is 3.66. The van der Waals surface area contributed by atoms with Gasteiger partial charge < -0.3 is 20.1 Å². The van der Waals surface area contributed by atoms with Gasteiger partial charge in [0.15, 0.2) is 10.6 Å². The van der Waals surface area contributed by atoms with Crippen molar-refractivity contribution >= 4 is 21.4 Å². The summed E-state index contributed by atoms with van der Waals surface area (Å²) >= 11 is 0. The maximum Gasteiger partial charge on any atom is 0.239 e. The number of ether oxygens (including phenoxy) is 2. The van der Waals surface area contributed by atoms with E-state index in [0.29, 0.717) is 5.69 Å². The highest BCUT2D eigenvalue weighted by Gasteiger charge is 2.29.